The van der Waals surface area contributed by atoms with Gasteiger partial charge < -0.3 is 19.9 Å². The van der Waals surface area contributed by atoms with E-state index < -0.39 is 6.10 Å². The first-order valence-electron chi connectivity index (χ1n) is 5.64. The van der Waals surface area contributed by atoms with Crippen LogP contribution >= 0.6 is 0 Å². The number of rotatable bonds is 5. The second kappa shape index (κ2) is 5.27. The Labute approximate surface area is 99.7 Å². The molecule has 0 spiro atoms. The normalized spacial score (nSPS) is 13.1. The average Bonchev–Trinajstić information content (AvgIpc) is 2.66. The van der Waals surface area contributed by atoms with Gasteiger partial charge in [0.25, 0.3) is 0 Å². The highest BCUT2D eigenvalue weighted by atomic mass is 16.3. The minimum atomic E-state index is -0.713. The van der Waals surface area contributed by atoms with Crippen molar-refractivity contribution in [3.63, 3.8) is 0 Å². The number of pyridine rings is 1. The molecule has 2 rings (SSSR count). The number of aryl methyl sites for hydroxylation is 1. The molecule has 0 bridgehead atoms. The van der Waals surface area contributed by atoms with Crippen molar-refractivity contribution in [1.82, 2.24) is 14.7 Å². The standard InChI is InChI=1S/C12H17N3O2/c1-9-11(7-13-6-10(17)8-16)15-5-3-2-4-12(15)14-9/h2-5,10,13,16-17H,6-8H2,1H3. The topological polar surface area (TPSA) is 69.8 Å². The van der Waals surface area contributed by atoms with E-state index in [0.29, 0.717) is 13.1 Å². The summed E-state index contributed by atoms with van der Waals surface area (Å²) in [7, 11) is 0. The van der Waals surface area contributed by atoms with Gasteiger partial charge in [0.15, 0.2) is 0 Å². The SMILES string of the molecule is Cc1nc2ccccn2c1CNCC(O)CO. The van der Waals surface area contributed by atoms with Crippen LogP contribution in [-0.4, -0.2) is 38.9 Å². The van der Waals surface area contributed by atoms with Crippen molar-refractivity contribution in [3.05, 3.63) is 35.8 Å². The molecule has 3 N–H and O–H groups in total. The molecule has 0 saturated carbocycles. The predicted octanol–water partition coefficient (Wildman–Crippen LogP) is 0.0855. The fraction of sp³-hybridized carbons (Fsp3) is 0.417. The van der Waals surface area contributed by atoms with Gasteiger partial charge in [0.2, 0.25) is 0 Å². The van der Waals surface area contributed by atoms with Crippen LogP contribution in [0.15, 0.2) is 24.4 Å². The Kier molecular flexibility index (Phi) is 3.73. The number of aromatic nitrogens is 2. The smallest absolute Gasteiger partial charge is 0.137 e. The number of aliphatic hydroxyl groups is 2. The van der Waals surface area contributed by atoms with Gasteiger partial charge in [0, 0.05) is 19.3 Å². The van der Waals surface area contributed by atoms with Gasteiger partial charge in [0.1, 0.15) is 5.65 Å². The molecule has 0 radical (unpaired) electrons. The number of hydrogen-bond donors (Lipinski definition) is 3. The van der Waals surface area contributed by atoms with Gasteiger partial charge in [-0.05, 0) is 19.1 Å². The fourth-order valence-corrected chi connectivity index (χ4v) is 1.80. The third-order valence-electron chi connectivity index (χ3n) is 2.71. The molecule has 2 aromatic rings. The largest absolute Gasteiger partial charge is 0.394 e. The van der Waals surface area contributed by atoms with E-state index in [0.717, 1.165) is 17.0 Å². The molecule has 2 aromatic heterocycles. The van der Waals surface area contributed by atoms with Crippen LogP contribution in [0.4, 0.5) is 0 Å². The number of nitrogens with one attached hydrogen (secondary N) is 1. The molecule has 0 aromatic carbocycles. The quantitative estimate of drug-likeness (QED) is 0.686. The van der Waals surface area contributed by atoms with E-state index >= 15 is 0 Å². The van der Waals surface area contributed by atoms with E-state index in [2.05, 4.69) is 10.3 Å². The molecule has 92 valence electrons. The van der Waals surface area contributed by atoms with E-state index in [9.17, 15) is 5.11 Å². The number of hydrogen-bond acceptors (Lipinski definition) is 4. The van der Waals surface area contributed by atoms with Crippen molar-refractivity contribution in [2.24, 2.45) is 0 Å². The lowest BCUT2D eigenvalue weighted by molar-refractivity contribution is 0.0941. The predicted molar refractivity (Wildman–Crippen MR) is 64.7 cm³/mol. The lowest BCUT2D eigenvalue weighted by Gasteiger charge is -2.09. The highest BCUT2D eigenvalue weighted by molar-refractivity contribution is 5.42. The second-order valence-electron chi connectivity index (χ2n) is 4.04. The minimum absolute atomic E-state index is 0.223. The number of fused-ring (bicyclic) bond motifs is 1. The van der Waals surface area contributed by atoms with Crippen molar-refractivity contribution in [1.29, 1.82) is 0 Å². The monoisotopic (exact) mass is 235 g/mol. The molecular formula is C12H17N3O2. The zero-order valence-electron chi connectivity index (χ0n) is 9.80. The molecule has 1 atom stereocenters. The highest BCUT2D eigenvalue weighted by Gasteiger charge is 2.08. The Morgan fingerprint density at radius 3 is 3.06 bits per heavy atom. The molecule has 17 heavy (non-hydrogen) atoms. The van der Waals surface area contributed by atoms with Crippen LogP contribution in [0, 0.1) is 6.92 Å². The Bertz CT molecular complexity index is 495. The molecular weight excluding hydrogens is 218 g/mol. The molecule has 0 amide bonds. The minimum Gasteiger partial charge on any atom is -0.394 e. The maximum atomic E-state index is 9.23. The van der Waals surface area contributed by atoms with E-state index in [1.54, 1.807) is 0 Å². The Morgan fingerprint density at radius 1 is 1.47 bits per heavy atom. The summed E-state index contributed by atoms with van der Waals surface area (Å²) in [6.45, 7) is 2.73. The molecule has 0 saturated heterocycles. The first-order chi connectivity index (χ1) is 8.22. The summed E-state index contributed by atoms with van der Waals surface area (Å²) in [4.78, 5) is 4.44. The Hall–Kier alpha value is -1.43. The summed E-state index contributed by atoms with van der Waals surface area (Å²) < 4.78 is 2.02. The Morgan fingerprint density at radius 2 is 2.29 bits per heavy atom. The summed E-state index contributed by atoms with van der Waals surface area (Å²) >= 11 is 0. The van der Waals surface area contributed by atoms with Crippen LogP contribution in [0.5, 0.6) is 0 Å². The molecule has 2 heterocycles. The van der Waals surface area contributed by atoms with Crippen LogP contribution in [0.3, 0.4) is 0 Å². The lowest BCUT2D eigenvalue weighted by Crippen LogP contribution is -2.29. The first kappa shape index (κ1) is 12.0. The van der Waals surface area contributed by atoms with Gasteiger partial charge in [-0.2, -0.15) is 0 Å². The van der Waals surface area contributed by atoms with Crippen molar-refractivity contribution < 1.29 is 10.2 Å². The van der Waals surface area contributed by atoms with Gasteiger partial charge in [-0.25, -0.2) is 4.98 Å². The molecule has 1 unspecified atom stereocenters. The van der Waals surface area contributed by atoms with E-state index in [1.807, 2.05) is 35.7 Å². The Balaban J connectivity index is 2.10. The van der Waals surface area contributed by atoms with Gasteiger partial charge in [-0.1, -0.05) is 6.07 Å². The molecule has 5 heteroatoms. The van der Waals surface area contributed by atoms with Crippen LogP contribution in [0.1, 0.15) is 11.4 Å². The molecule has 5 nitrogen and oxygen atoms in total. The van der Waals surface area contributed by atoms with Crippen LogP contribution < -0.4 is 5.32 Å². The van der Waals surface area contributed by atoms with E-state index in [1.165, 1.54) is 0 Å². The van der Waals surface area contributed by atoms with Crippen molar-refractivity contribution >= 4 is 5.65 Å². The maximum absolute atomic E-state index is 9.23. The number of aliphatic hydroxyl groups excluding tert-OH is 2. The fourth-order valence-electron chi connectivity index (χ4n) is 1.80. The van der Waals surface area contributed by atoms with Crippen LogP contribution in [-0.2, 0) is 6.54 Å². The highest BCUT2D eigenvalue weighted by Crippen LogP contribution is 2.11. The summed E-state index contributed by atoms with van der Waals surface area (Å²) in [6.07, 6.45) is 1.25. The molecule has 0 aliphatic rings. The van der Waals surface area contributed by atoms with Gasteiger partial charge in [0.05, 0.1) is 24.1 Å². The summed E-state index contributed by atoms with van der Waals surface area (Å²) in [6, 6.07) is 5.87. The third kappa shape index (κ3) is 2.63. The number of nitrogens with zero attached hydrogens (tertiary/aromatic N) is 2. The van der Waals surface area contributed by atoms with Gasteiger partial charge in [-0.3, -0.25) is 0 Å². The average molecular weight is 235 g/mol. The van der Waals surface area contributed by atoms with Crippen molar-refractivity contribution in [2.75, 3.05) is 13.2 Å². The summed E-state index contributed by atoms with van der Waals surface area (Å²) in [5.41, 5.74) is 2.97. The second-order valence-corrected chi connectivity index (χ2v) is 4.04. The van der Waals surface area contributed by atoms with E-state index in [-0.39, 0.29) is 6.61 Å². The summed E-state index contributed by atoms with van der Waals surface area (Å²) in [5.74, 6) is 0. The lowest BCUT2D eigenvalue weighted by atomic mass is 10.3. The zero-order valence-corrected chi connectivity index (χ0v) is 9.80. The molecule has 0 aliphatic carbocycles. The molecule has 0 fully saturated rings. The van der Waals surface area contributed by atoms with Gasteiger partial charge in [-0.15, -0.1) is 0 Å². The summed E-state index contributed by atoms with van der Waals surface area (Å²) in [5, 5.41) is 21.0. The van der Waals surface area contributed by atoms with Crippen molar-refractivity contribution in [2.45, 2.75) is 19.6 Å². The van der Waals surface area contributed by atoms with Crippen molar-refractivity contribution in [3.8, 4) is 0 Å². The van der Waals surface area contributed by atoms with E-state index in [4.69, 9.17) is 5.11 Å². The van der Waals surface area contributed by atoms with Crippen LogP contribution in [0.2, 0.25) is 0 Å². The van der Waals surface area contributed by atoms with Gasteiger partial charge >= 0.3 is 0 Å². The number of imidazole rings is 1. The van der Waals surface area contributed by atoms with Crippen LogP contribution in [0.25, 0.3) is 5.65 Å². The zero-order chi connectivity index (χ0) is 12.3. The molecule has 0 aliphatic heterocycles. The first-order valence-corrected chi connectivity index (χ1v) is 5.64. The third-order valence-corrected chi connectivity index (χ3v) is 2.71. The maximum Gasteiger partial charge on any atom is 0.137 e.